The van der Waals surface area contributed by atoms with Gasteiger partial charge in [0.15, 0.2) is 0 Å². The fourth-order valence-corrected chi connectivity index (χ4v) is 3.22. The van der Waals surface area contributed by atoms with E-state index >= 15 is 0 Å². The monoisotopic (exact) mass is 316 g/mol. The highest BCUT2D eigenvalue weighted by molar-refractivity contribution is 7.99. The molecule has 0 aliphatic carbocycles. The molecule has 0 fully saturated rings. The molecule has 0 aliphatic heterocycles. The Morgan fingerprint density at radius 1 is 1.00 bits per heavy atom. The van der Waals surface area contributed by atoms with Crippen molar-refractivity contribution in [2.45, 2.75) is 17.4 Å². The van der Waals surface area contributed by atoms with Crippen molar-refractivity contribution >= 4 is 17.7 Å². The van der Waals surface area contributed by atoms with Crippen LogP contribution in [0.5, 0.6) is 5.75 Å². The summed E-state index contributed by atoms with van der Waals surface area (Å²) < 4.78 is 10.1. The summed E-state index contributed by atoms with van der Waals surface area (Å²) in [7, 11) is 3.09. The second-order valence-corrected chi connectivity index (χ2v) is 6.05. The van der Waals surface area contributed by atoms with E-state index in [1.807, 2.05) is 54.6 Å². The summed E-state index contributed by atoms with van der Waals surface area (Å²) >= 11 is 1.60. The van der Waals surface area contributed by atoms with Gasteiger partial charge in [-0.3, -0.25) is 4.79 Å². The van der Waals surface area contributed by atoms with E-state index in [1.165, 1.54) is 7.11 Å². The van der Waals surface area contributed by atoms with Gasteiger partial charge in [-0.15, -0.1) is 11.8 Å². The van der Waals surface area contributed by atoms with Crippen LogP contribution in [0.25, 0.3) is 0 Å². The molecule has 22 heavy (non-hydrogen) atoms. The zero-order chi connectivity index (χ0) is 15.8. The summed E-state index contributed by atoms with van der Waals surface area (Å²) in [4.78, 5) is 12.0. The zero-order valence-corrected chi connectivity index (χ0v) is 13.6. The lowest BCUT2D eigenvalue weighted by molar-refractivity contribution is -0.139. The van der Waals surface area contributed by atoms with E-state index in [0.717, 1.165) is 22.6 Å². The summed E-state index contributed by atoms with van der Waals surface area (Å²) in [6, 6.07) is 17.9. The van der Waals surface area contributed by atoms with Crippen LogP contribution in [0.4, 0.5) is 0 Å². The van der Waals surface area contributed by atoms with Gasteiger partial charge >= 0.3 is 5.97 Å². The van der Waals surface area contributed by atoms with Crippen molar-refractivity contribution in [2.24, 2.45) is 0 Å². The number of carbonyl (C=O) groups is 1. The third-order valence-electron chi connectivity index (χ3n) is 3.34. The second-order valence-electron chi connectivity index (χ2n) is 4.86. The maximum atomic E-state index is 12.0. The van der Waals surface area contributed by atoms with Crippen LogP contribution in [-0.2, 0) is 21.7 Å². The molecular formula is C18H20O3S. The van der Waals surface area contributed by atoms with Gasteiger partial charge in [0.1, 0.15) is 11.0 Å². The molecule has 2 aromatic carbocycles. The number of rotatable bonds is 7. The van der Waals surface area contributed by atoms with Crippen molar-refractivity contribution in [1.82, 2.24) is 0 Å². The average Bonchev–Trinajstić information content (AvgIpc) is 2.59. The molecular weight excluding hydrogens is 296 g/mol. The molecule has 0 amide bonds. The van der Waals surface area contributed by atoms with Gasteiger partial charge in [0.05, 0.1) is 14.2 Å². The van der Waals surface area contributed by atoms with Crippen molar-refractivity contribution in [3.8, 4) is 5.75 Å². The van der Waals surface area contributed by atoms with Crippen LogP contribution >= 0.6 is 11.8 Å². The third kappa shape index (κ3) is 4.81. The first-order valence-electron chi connectivity index (χ1n) is 7.09. The molecule has 2 rings (SSSR count). The Balaban J connectivity index is 1.98. The number of hydrogen-bond acceptors (Lipinski definition) is 4. The molecule has 0 aromatic heterocycles. The second kappa shape index (κ2) is 8.49. The molecule has 0 radical (unpaired) electrons. The van der Waals surface area contributed by atoms with E-state index in [2.05, 4.69) is 0 Å². The van der Waals surface area contributed by atoms with Gasteiger partial charge in [0.2, 0.25) is 0 Å². The first-order valence-corrected chi connectivity index (χ1v) is 8.14. The first kappa shape index (κ1) is 16.4. The molecule has 0 aliphatic rings. The van der Waals surface area contributed by atoms with Gasteiger partial charge in [-0.25, -0.2) is 0 Å². The Hall–Kier alpha value is -1.94. The summed E-state index contributed by atoms with van der Waals surface area (Å²) in [5.74, 6) is 1.42. The normalized spacial score (nSPS) is 11.7. The van der Waals surface area contributed by atoms with Gasteiger partial charge in [-0.05, 0) is 29.7 Å². The van der Waals surface area contributed by atoms with Gasteiger partial charge in [-0.2, -0.15) is 0 Å². The Bertz CT molecular complexity index is 581. The lowest BCUT2D eigenvalue weighted by Gasteiger charge is -2.14. The fourth-order valence-electron chi connectivity index (χ4n) is 2.09. The highest BCUT2D eigenvalue weighted by Crippen LogP contribution is 2.23. The van der Waals surface area contributed by atoms with Crippen molar-refractivity contribution in [3.05, 3.63) is 65.7 Å². The molecule has 3 nitrogen and oxygen atoms in total. The van der Waals surface area contributed by atoms with E-state index in [0.29, 0.717) is 6.42 Å². The number of benzene rings is 2. The molecule has 0 heterocycles. The smallest absolute Gasteiger partial charge is 0.319 e. The first-order chi connectivity index (χ1) is 10.7. The van der Waals surface area contributed by atoms with Crippen molar-refractivity contribution in [2.75, 3.05) is 14.2 Å². The molecule has 116 valence electrons. The van der Waals surface area contributed by atoms with Gasteiger partial charge in [0, 0.05) is 5.75 Å². The lowest BCUT2D eigenvalue weighted by atomic mass is 10.1. The van der Waals surface area contributed by atoms with Crippen molar-refractivity contribution in [3.63, 3.8) is 0 Å². The van der Waals surface area contributed by atoms with Gasteiger partial charge in [0.25, 0.3) is 0 Å². The summed E-state index contributed by atoms with van der Waals surface area (Å²) in [6.45, 7) is 0. The van der Waals surface area contributed by atoms with Crippen LogP contribution in [0.3, 0.4) is 0 Å². The van der Waals surface area contributed by atoms with E-state index in [4.69, 9.17) is 9.47 Å². The minimum atomic E-state index is -0.200. The van der Waals surface area contributed by atoms with Crippen LogP contribution in [-0.4, -0.2) is 25.4 Å². The Morgan fingerprint density at radius 2 is 1.68 bits per heavy atom. The lowest BCUT2D eigenvalue weighted by Crippen LogP contribution is -2.21. The largest absolute Gasteiger partial charge is 0.497 e. The minimum absolute atomic E-state index is 0.178. The third-order valence-corrected chi connectivity index (χ3v) is 4.60. The summed E-state index contributed by atoms with van der Waals surface area (Å²) in [5.41, 5.74) is 2.30. The van der Waals surface area contributed by atoms with Gasteiger partial charge < -0.3 is 9.47 Å². The van der Waals surface area contributed by atoms with Gasteiger partial charge in [-0.1, -0.05) is 42.5 Å². The number of hydrogen-bond donors (Lipinski definition) is 0. The molecule has 0 spiro atoms. The maximum Gasteiger partial charge on any atom is 0.319 e. The predicted molar refractivity (Wildman–Crippen MR) is 90.2 cm³/mol. The van der Waals surface area contributed by atoms with Crippen LogP contribution < -0.4 is 4.74 Å². The van der Waals surface area contributed by atoms with E-state index in [9.17, 15) is 4.79 Å². The zero-order valence-electron chi connectivity index (χ0n) is 12.8. The Labute approximate surface area is 135 Å². The topological polar surface area (TPSA) is 35.5 Å². The number of methoxy groups -OCH3 is 2. The minimum Gasteiger partial charge on any atom is -0.497 e. The SMILES string of the molecule is COC(=O)[C@H](Cc1ccccc1)SCc1ccc(OC)cc1. The van der Waals surface area contributed by atoms with E-state index in [1.54, 1.807) is 18.9 Å². The van der Waals surface area contributed by atoms with Crippen LogP contribution in [0.15, 0.2) is 54.6 Å². The van der Waals surface area contributed by atoms with E-state index < -0.39 is 0 Å². The fraction of sp³-hybridized carbons (Fsp3) is 0.278. The van der Waals surface area contributed by atoms with Crippen LogP contribution in [0, 0.1) is 0 Å². The highest BCUT2D eigenvalue weighted by Gasteiger charge is 2.20. The maximum absolute atomic E-state index is 12.0. The van der Waals surface area contributed by atoms with E-state index in [-0.39, 0.29) is 11.2 Å². The summed E-state index contributed by atoms with van der Waals surface area (Å²) in [6.07, 6.45) is 0.675. The average molecular weight is 316 g/mol. The standard InChI is InChI=1S/C18H20O3S/c1-20-16-10-8-15(9-11-16)13-22-17(18(19)21-2)12-14-6-4-3-5-7-14/h3-11,17H,12-13H2,1-2H3/t17-/m0/s1. The molecule has 1 atom stereocenters. The Morgan fingerprint density at radius 3 is 2.27 bits per heavy atom. The number of esters is 1. The van der Waals surface area contributed by atoms with Crippen molar-refractivity contribution in [1.29, 1.82) is 0 Å². The number of ether oxygens (including phenoxy) is 2. The van der Waals surface area contributed by atoms with Crippen LogP contribution in [0.1, 0.15) is 11.1 Å². The summed E-state index contributed by atoms with van der Waals surface area (Å²) in [5, 5.41) is -0.200. The highest BCUT2D eigenvalue weighted by atomic mass is 32.2. The molecule has 0 saturated carbocycles. The molecule has 4 heteroatoms. The molecule has 0 N–H and O–H groups in total. The molecule has 2 aromatic rings. The Kier molecular flexibility index (Phi) is 6.34. The van der Waals surface area contributed by atoms with Crippen molar-refractivity contribution < 1.29 is 14.3 Å². The predicted octanol–water partition coefficient (Wildman–Crippen LogP) is 3.71. The molecule has 0 bridgehead atoms. The number of carbonyl (C=O) groups excluding carboxylic acids is 1. The van der Waals surface area contributed by atoms with Crippen LogP contribution in [0.2, 0.25) is 0 Å². The quantitative estimate of drug-likeness (QED) is 0.730. The number of thioether (sulfide) groups is 1. The molecule has 0 unspecified atom stereocenters. The molecule has 0 saturated heterocycles.